The molecule has 0 aliphatic rings. The minimum absolute atomic E-state index is 0.445. The highest BCUT2D eigenvalue weighted by molar-refractivity contribution is 7.14. The van der Waals surface area contributed by atoms with Gasteiger partial charge in [-0.2, -0.15) is 0 Å². The number of primary amides is 1. The van der Waals surface area contributed by atoms with Crippen molar-refractivity contribution in [3.05, 3.63) is 82.1 Å². The Morgan fingerprint density at radius 1 is 1.27 bits per heavy atom. The number of carbonyl (C=O) groups is 1. The number of pyridine rings is 1. The van der Waals surface area contributed by atoms with Crippen molar-refractivity contribution >= 4 is 39.7 Å². The average Bonchev–Trinajstić information content (AvgIpc) is 3.31. The van der Waals surface area contributed by atoms with Crippen LogP contribution in [0, 0.1) is 6.92 Å². The van der Waals surface area contributed by atoms with Crippen LogP contribution in [0.15, 0.2) is 60.2 Å². The Kier molecular flexibility index (Phi) is 5.83. The van der Waals surface area contributed by atoms with E-state index in [-0.39, 0.29) is 0 Å². The molecule has 6 nitrogen and oxygen atoms in total. The van der Waals surface area contributed by atoms with Gasteiger partial charge in [0.2, 0.25) is 0 Å². The molecule has 30 heavy (non-hydrogen) atoms. The minimum Gasteiger partial charge on any atom is -0.366 e. The molecule has 0 bridgehead atoms. The maximum Gasteiger partial charge on any atom is 0.250 e. The molecule has 1 amide bonds. The topological polar surface area (TPSA) is 85.8 Å². The highest BCUT2D eigenvalue weighted by Gasteiger charge is 2.18. The smallest absolute Gasteiger partial charge is 0.250 e. The van der Waals surface area contributed by atoms with Gasteiger partial charge in [0.15, 0.2) is 5.13 Å². The lowest BCUT2D eigenvalue weighted by Crippen LogP contribution is -2.13. The van der Waals surface area contributed by atoms with Crippen LogP contribution in [0.25, 0.3) is 11.4 Å². The molecular formula is C22H20ClN5OS. The van der Waals surface area contributed by atoms with E-state index in [1.165, 1.54) is 11.3 Å². The van der Waals surface area contributed by atoms with Crippen LogP contribution in [0.4, 0.5) is 10.8 Å². The lowest BCUT2D eigenvalue weighted by molar-refractivity contribution is 0.0999. The summed E-state index contributed by atoms with van der Waals surface area (Å²) < 4.78 is 2.09. The summed E-state index contributed by atoms with van der Waals surface area (Å²) in [4.78, 5) is 20.7. The van der Waals surface area contributed by atoms with Crippen molar-refractivity contribution in [1.82, 2.24) is 14.5 Å². The lowest BCUT2D eigenvalue weighted by atomic mass is 10.1. The molecule has 0 fully saturated rings. The fraction of sp³-hybridized carbons (Fsp3) is 0.136. The molecule has 0 saturated carbocycles. The Labute approximate surface area is 183 Å². The van der Waals surface area contributed by atoms with E-state index in [1.807, 2.05) is 54.8 Å². The third-order valence-electron chi connectivity index (χ3n) is 4.82. The van der Waals surface area contributed by atoms with Crippen molar-refractivity contribution in [2.45, 2.75) is 19.9 Å². The summed E-state index contributed by atoms with van der Waals surface area (Å²) in [5, 5.41) is 6.68. The first-order chi connectivity index (χ1) is 14.5. The molecule has 152 valence electrons. The van der Waals surface area contributed by atoms with Crippen LogP contribution in [0.1, 0.15) is 21.6 Å². The molecule has 0 saturated heterocycles. The van der Waals surface area contributed by atoms with Crippen molar-refractivity contribution < 1.29 is 4.79 Å². The van der Waals surface area contributed by atoms with Gasteiger partial charge >= 0.3 is 0 Å². The van der Waals surface area contributed by atoms with E-state index < -0.39 is 5.91 Å². The highest BCUT2D eigenvalue weighted by Crippen LogP contribution is 2.30. The zero-order valence-electron chi connectivity index (χ0n) is 16.3. The van der Waals surface area contributed by atoms with Gasteiger partial charge in [-0.15, -0.1) is 11.3 Å². The van der Waals surface area contributed by atoms with Crippen LogP contribution in [-0.4, -0.2) is 20.4 Å². The predicted molar refractivity (Wildman–Crippen MR) is 121 cm³/mol. The van der Waals surface area contributed by atoms with E-state index in [1.54, 1.807) is 12.4 Å². The van der Waals surface area contributed by atoms with Gasteiger partial charge in [-0.25, -0.2) is 4.98 Å². The SMILES string of the molecule is Cc1c(C(N)=O)cc(-c2csc(Nc3cccnc3)n2)n1CCc1cccc(Cl)c1. The summed E-state index contributed by atoms with van der Waals surface area (Å²) in [5.74, 6) is -0.445. The monoisotopic (exact) mass is 437 g/mol. The fourth-order valence-electron chi connectivity index (χ4n) is 3.34. The van der Waals surface area contributed by atoms with E-state index >= 15 is 0 Å². The van der Waals surface area contributed by atoms with Crippen molar-refractivity contribution in [3.63, 3.8) is 0 Å². The summed E-state index contributed by atoms with van der Waals surface area (Å²) >= 11 is 7.60. The Morgan fingerprint density at radius 2 is 2.13 bits per heavy atom. The van der Waals surface area contributed by atoms with E-state index in [0.717, 1.165) is 39.9 Å². The molecule has 0 radical (unpaired) electrons. The molecule has 1 aromatic carbocycles. The van der Waals surface area contributed by atoms with E-state index in [9.17, 15) is 4.79 Å². The maximum atomic E-state index is 11.9. The first kappa shape index (κ1) is 20.1. The number of nitrogens with one attached hydrogen (secondary N) is 1. The van der Waals surface area contributed by atoms with Crippen molar-refractivity contribution in [1.29, 1.82) is 0 Å². The summed E-state index contributed by atoms with van der Waals surface area (Å²) in [6.07, 6.45) is 4.23. The number of anilines is 2. The molecule has 3 heterocycles. The predicted octanol–water partition coefficient (Wildman–Crippen LogP) is 5.05. The summed E-state index contributed by atoms with van der Waals surface area (Å²) in [7, 11) is 0. The molecular weight excluding hydrogens is 418 g/mol. The van der Waals surface area contributed by atoms with E-state index in [4.69, 9.17) is 22.3 Å². The molecule has 8 heteroatoms. The second-order valence-electron chi connectivity index (χ2n) is 6.83. The first-order valence-corrected chi connectivity index (χ1v) is 10.6. The molecule has 0 spiro atoms. The van der Waals surface area contributed by atoms with Crippen LogP contribution < -0.4 is 11.1 Å². The largest absolute Gasteiger partial charge is 0.366 e. The normalized spacial score (nSPS) is 10.9. The Balaban J connectivity index is 1.64. The molecule has 4 rings (SSSR count). The zero-order valence-corrected chi connectivity index (χ0v) is 17.9. The number of hydrogen-bond donors (Lipinski definition) is 2. The van der Waals surface area contributed by atoms with Crippen LogP contribution in [0.3, 0.4) is 0 Å². The average molecular weight is 438 g/mol. The number of amides is 1. The maximum absolute atomic E-state index is 11.9. The Hall–Kier alpha value is -3.16. The standard InChI is InChI=1S/C22H20ClN5OS/c1-14-18(21(24)29)11-20(28(14)9-7-15-4-2-5-16(23)10-15)19-13-30-22(27-19)26-17-6-3-8-25-12-17/h2-6,8,10-13H,7,9H2,1H3,(H2,24,29)(H,26,27). The van der Waals surface area contributed by atoms with Gasteiger partial charge in [0.05, 0.1) is 28.8 Å². The van der Waals surface area contributed by atoms with Crippen LogP contribution >= 0.6 is 22.9 Å². The zero-order chi connectivity index (χ0) is 21.1. The second-order valence-corrected chi connectivity index (χ2v) is 8.12. The minimum atomic E-state index is -0.445. The Morgan fingerprint density at radius 3 is 2.87 bits per heavy atom. The van der Waals surface area contributed by atoms with Gasteiger partial charge in [-0.05, 0) is 49.2 Å². The number of nitrogens with two attached hydrogens (primary N) is 1. The summed E-state index contributed by atoms with van der Waals surface area (Å²) in [5.41, 5.74) is 10.6. The molecule has 4 aromatic rings. The quantitative estimate of drug-likeness (QED) is 0.423. The Bertz CT molecular complexity index is 1190. The first-order valence-electron chi connectivity index (χ1n) is 9.38. The van der Waals surface area contributed by atoms with Crippen molar-refractivity contribution in [2.24, 2.45) is 5.73 Å². The number of nitrogens with zero attached hydrogens (tertiary/aromatic N) is 3. The fourth-order valence-corrected chi connectivity index (χ4v) is 4.27. The van der Waals surface area contributed by atoms with Gasteiger partial charge in [-0.3, -0.25) is 9.78 Å². The van der Waals surface area contributed by atoms with E-state index in [2.05, 4.69) is 14.9 Å². The number of rotatable bonds is 7. The summed E-state index contributed by atoms with van der Waals surface area (Å²) in [6.45, 7) is 2.58. The number of halogens is 1. The molecule has 0 aliphatic carbocycles. The number of aromatic nitrogens is 3. The lowest BCUT2D eigenvalue weighted by Gasteiger charge is -2.11. The number of hydrogen-bond acceptors (Lipinski definition) is 5. The number of carbonyl (C=O) groups excluding carboxylic acids is 1. The van der Waals surface area contributed by atoms with Crippen LogP contribution in [0.2, 0.25) is 5.02 Å². The van der Waals surface area contributed by atoms with Crippen LogP contribution in [-0.2, 0) is 13.0 Å². The number of aryl methyl sites for hydroxylation is 1. The number of benzene rings is 1. The summed E-state index contributed by atoms with van der Waals surface area (Å²) in [6, 6.07) is 13.4. The van der Waals surface area contributed by atoms with Crippen molar-refractivity contribution in [2.75, 3.05) is 5.32 Å². The third kappa shape index (κ3) is 4.37. The highest BCUT2D eigenvalue weighted by atomic mass is 35.5. The van der Waals surface area contributed by atoms with Gasteiger partial charge in [-0.1, -0.05) is 23.7 Å². The third-order valence-corrected chi connectivity index (χ3v) is 5.82. The van der Waals surface area contributed by atoms with Gasteiger partial charge in [0, 0.05) is 28.8 Å². The molecule has 3 aromatic heterocycles. The van der Waals surface area contributed by atoms with Gasteiger partial charge < -0.3 is 15.6 Å². The van der Waals surface area contributed by atoms with Crippen molar-refractivity contribution in [3.8, 4) is 11.4 Å². The molecule has 0 aliphatic heterocycles. The van der Waals surface area contributed by atoms with Crippen LogP contribution in [0.5, 0.6) is 0 Å². The molecule has 0 unspecified atom stereocenters. The molecule has 3 N–H and O–H groups in total. The van der Waals surface area contributed by atoms with Gasteiger partial charge in [0.25, 0.3) is 5.91 Å². The van der Waals surface area contributed by atoms with E-state index in [0.29, 0.717) is 17.1 Å². The molecule has 0 atom stereocenters. The number of thiazole rings is 1. The second kappa shape index (κ2) is 8.69. The van der Waals surface area contributed by atoms with Gasteiger partial charge in [0.1, 0.15) is 0 Å².